The average molecular weight is 262 g/mol. The van der Waals surface area contributed by atoms with Crippen LogP contribution in [-0.4, -0.2) is 22.1 Å². The van der Waals surface area contributed by atoms with Gasteiger partial charge in [0, 0.05) is 12.2 Å². The lowest BCUT2D eigenvalue weighted by atomic mass is 9.94. The molecule has 0 bridgehead atoms. The summed E-state index contributed by atoms with van der Waals surface area (Å²) in [5.74, 6) is -0.0791. The van der Waals surface area contributed by atoms with Gasteiger partial charge in [-0.2, -0.15) is 5.26 Å². The Hall–Kier alpha value is -2.20. The number of ether oxygens (including phenoxy) is 1. The van der Waals surface area contributed by atoms with Crippen LogP contribution in [0.1, 0.15) is 31.2 Å². The zero-order valence-electron chi connectivity index (χ0n) is 10.3. The van der Waals surface area contributed by atoms with Gasteiger partial charge in [-0.1, -0.05) is 0 Å². The van der Waals surface area contributed by atoms with Crippen LogP contribution in [0.15, 0.2) is 12.3 Å². The van der Waals surface area contributed by atoms with Crippen molar-refractivity contribution in [2.45, 2.75) is 37.8 Å². The van der Waals surface area contributed by atoms with Crippen molar-refractivity contribution < 1.29 is 9.66 Å². The topological polar surface area (TPSA) is 115 Å². The van der Waals surface area contributed by atoms with Crippen LogP contribution in [-0.2, 0) is 0 Å². The summed E-state index contributed by atoms with van der Waals surface area (Å²) in [6, 6.07) is 3.26. The molecule has 1 heterocycles. The van der Waals surface area contributed by atoms with Gasteiger partial charge in [-0.25, -0.2) is 4.98 Å². The molecular formula is C12H14N4O3. The van der Waals surface area contributed by atoms with Crippen LogP contribution in [0.3, 0.4) is 0 Å². The van der Waals surface area contributed by atoms with Crippen molar-refractivity contribution >= 4 is 5.69 Å². The van der Waals surface area contributed by atoms with E-state index in [1.807, 2.05) is 0 Å². The Kier molecular flexibility index (Phi) is 3.92. The first kappa shape index (κ1) is 13.2. The van der Waals surface area contributed by atoms with Crippen LogP contribution in [0.5, 0.6) is 5.88 Å². The molecule has 1 aliphatic carbocycles. The van der Waals surface area contributed by atoms with Crippen LogP contribution in [0, 0.1) is 21.4 Å². The zero-order chi connectivity index (χ0) is 13.8. The Morgan fingerprint density at radius 1 is 1.47 bits per heavy atom. The van der Waals surface area contributed by atoms with Crippen molar-refractivity contribution in [2.75, 3.05) is 0 Å². The minimum atomic E-state index is -0.630. The largest absolute Gasteiger partial charge is 0.469 e. The number of hydrogen-bond donors (Lipinski definition) is 1. The number of pyridine rings is 1. The fourth-order valence-electron chi connectivity index (χ4n) is 2.15. The Labute approximate surface area is 110 Å². The third kappa shape index (κ3) is 2.98. The molecule has 0 spiro atoms. The molecule has 1 aliphatic rings. The van der Waals surface area contributed by atoms with Gasteiger partial charge in [0.05, 0.1) is 4.92 Å². The van der Waals surface area contributed by atoms with E-state index >= 15 is 0 Å². The van der Waals surface area contributed by atoms with E-state index in [1.165, 1.54) is 12.3 Å². The maximum absolute atomic E-state index is 11.0. The molecule has 1 aromatic rings. The van der Waals surface area contributed by atoms with Crippen molar-refractivity contribution in [1.29, 1.82) is 5.26 Å². The summed E-state index contributed by atoms with van der Waals surface area (Å²) in [4.78, 5) is 14.3. The maximum Gasteiger partial charge on any atom is 0.348 e. The molecule has 0 amide bonds. The average Bonchev–Trinajstić information content (AvgIpc) is 2.40. The van der Waals surface area contributed by atoms with Gasteiger partial charge in [-0.15, -0.1) is 0 Å². The minimum Gasteiger partial charge on any atom is -0.469 e. The molecule has 19 heavy (non-hydrogen) atoms. The number of hydrogen-bond acceptors (Lipinski definition) is 6. The van der Waals surface area contributed by atoms with Gasteiger partial charge in [-0.3, -0.25) is 10.1 Å². The Bertz CT molecular complexity index is 518. The summed E-state index contributed by atoms with van der Waals surface area (Å²) < 4.78 is 5.58. The number of nitro groups is 1. The highest BCUT2D eigenvalue weighted by Crippen LogP contribution is 2.31. The summed E-state index contributed by atoms with van der Waals surface area (Å²) in [7, 11) is 0. The quantitative estimate of drug-likeness (QED) is 0.652. The SMILES string of the molecule is N#Cc1ccnc(OC2CCC(N)CC2)c1[N+](=O)[O-]. The number of nitriles is 1. The first-order chi connectivity index (χ1) is 9.11. The molecule has 7 nitrogen and oxygen atoms in total. The Morgan fingerprint density at radius 3 is 2.74 bits per heavy atom. The van der Waals surface area contributed by atoms with Crippen molar-refractivity contribution in [3.63, 3.8) is 0 Å². The van der Waals surface area contributed by atoms with Gasteiger partial charge in [0.15, 0.2) is 0 Å². The highest BCUT2D eigenvalue weighted by molar-refractivity contribution is 5.54. The van der Waals surface area contributed by atoms with E-state index in [4.69, 9.17) is 15.7 Å². The van der Waals surface area contributed by atoms with Crippen LogP contribution >= 0.6 is 0 Å². The molecule has 1 aromatic heterocycles. The molecule has 0 unspecified atom stereocenters. The third-order valence-corrected chi connectivity index (χ3v) is 3.19. The third-order valence-electron chi connectivity index (χ3n) is 3.19. The van der Waals surface area contributed by atoms with E-state index in [0.717, 1.165) is 25.7 Å². The number of nitrogens with two attached hydrogens (primary N) is 1. The lowest BCUT2D eigenvalue weighted by molar-refractivity contribution is -0.386. The number of aromatic nitrogens is 1. The summed E-state index contributed by atoms with van der Waals surface area (Å²) in [5, 5.41) is 19.9. The van der Waals surface area contributed by atoms with Crippen LogP contribution < -0.4 is 10.5 Å². The number of nitrogens with zero attached hydrogens (tertiary/aromatic N) is 3. The van der Waals surface area contributed by atoms with Crippen LogP contribution in [0.2, 0.25) is 0 Å². The maximum atomic E-state index is 11.0. The summed E-state index contributed by atoms with van der Waals surface area (Å²) in [6.45, 7) is 0. The Morgan fingerprint density at radius 2 is 2.16 bits per heavy atom. The lowest BCUT2D eigenvalue weighted by Crippen LogP contribution is -2.32. The fraction of sp³-hybridized carbons (Fsp3) is 0.500. The summed E-state index contributed by atoms with van der Waals surface area (Å²) >= 11 is 0. The van der Waals surface area contributed by atoms with E-state index in [-0.39, 0.29) is 29.3 Å². The van der Waals surface area contributed by atoms with E-state index in [2.05, 4.69) is 4.98 Å². The van der Waals surface area contributed by atoms with Crippen molar-refractivity contribution in [3.05, 3.63) is 27.9 Å². The monoisotopic (exact) mass is 262 g/mol. The molecule has 0 atom stereocenters. The fourth-order valence-corrected chi connectivity index (χ4v) is 2.15. The summed E-state index contributed by atoms with van der Waals surface area (Å²) in [5.41, 5.74) is 5.39. The first-order valence-corrected chi connectivity index (χ1v) is 6.07. The summed E-state index contributed by atoms with van der Waals surface area (Å²) in [6.07, 6.45) is 4.37. The molecule has 100 valence electrons. The molecule has 0 radical (unpaired) electrons. The Balaban J connectivity index is 2.21. The predicted molar refractivity (Wildman–Crippen MR) is 66.5 cm³/mol. The normalized spacial score (nSPS) is 22.5. The molecule has 2 rings (SSSR count). The highest BCUT2D eigenvalue weighted by Gasteiger charge is 2.27. The predicted octanol–water partition coefficient (Wildman–Crippen LogP) is 1.51. The molecule has 0 saturated heterocycles. The van der Waals surface area contributed by atoms with Crippen molar-refractivity contribution in [1.82, 2.24) is 4.98 Å². The molecule has 2 N–H and O–H groups in total. The minimum absolute atomic E-state index is 0.0393. The standard InChI is InChI=1S/C12H14N4O3/c13-7-8-5-6-15-12(11(8)16(17)18)19-10-3-1-9(14)2-4-10/h5-6,9-10H,1-4,14H2. The molecule has 1 saturated carbocycles. The van der Waals surface area contributed by atoms with Gasteiger partial charge in [0.2, 0.25) is 0 Å². The smallest absolute Gasteiger partial charge is 0.348 e. The highest BCUT2D eigenvalue weighted by atomic mass is 16.6. The van der Waals surface area contributed by atoms with E-state index in [0.29, 0.717) is 0 Å². The van der Waals surface area contributed by atoms with Crippen LogP contribution in [0.25, 0.3) is 0 Å². The molecule has 7 heteroatoms. The number of rotatable bonds is 3. The van der Waals surface area contributed by atoms with Gasteiger partial charge < -0.3 is 10.5 Å². The van der Waals surface area contributed by atoms with Gasteiger partial charge in [0.1, 0.15) is 17.7 Å². The molecule has 0 aromatic carbocycles. The molecule has 1 fully saturated rings. The van der Waals surface area contributed by atoms with Gasteiger partial charge in [-0.05, 0) is 31.7 Å². The zero-order valence-corrected chi connectivity index (χ0v) is 10.3. The van der Waals surface area contributed by atoms with Gasteiger partial charge in [0.25, 0.3) is 5.88 Å². The van der Waals surface area contributed by atoms with E-state index in [1.54, 1.807) is 6.07 Å². The lowest BCUT2D eigenvalue weighted by Gasteiger charge is -2.26. The second-order valence-corrected chi connectivity index (χ2v) is 4.54. The van der Waals surface area contributed by atoms with Crippen molar-refractivity contribution in [2.24, 2.45) is 5.73 Å². The molecule has 0 aliphatic heterocycles. The van der Waals surface area contributed by atoms with Crippen molar-refractivity contribution in [3.8, 4) is 11.9 Å². The van der Waals surface area contributed by atoms with E-state index in [9.17, 15) is 10.1 Å². The van der Waals surface area contributed by atoms with Gasteiger partial charge >= 0.3 is 5.69 Å². The first-order valence-electron chi connectivity index (χ1n) is 6.07. The molecular weight excluding hydrogens is 248 g/mol. The van der Waals surface area contributed by atoms with Crippen LogP contribution in [0.4, 0.5) is 5.69 Å². The van der Waals surface area contributed by atoms with E-state index < -0.39 is 4.92 Å². The second-order valence-electron chi connectivity index (χ2n) is 4.54. The second kappa shape index (κ2) is 5.63.